The van der Waals surface area contributed by atoms with E-state index in [4.69, 9.17) is 28.9 Å². The van der Waals surface area contributed by atoms with Crippen molar-refractivity contribution >= 4 is 40.7 Å². The average Bonchev–Trinajstić information content (AvgIpc) is 2.41. The first kappa shape index (κ1) is 14.3. The standard InChI is InChI=1S/C13H9Cl2N3O2/c14-9-3-1-7(12(16)19)5-10(9)18-13(20)8-2-4-11(15)17-6-8/h1-6H,(H2,16,19)(H,18,20). The van der Waals surface area contributed by atoms with E-state index in [2.05, 4.69) is 10.3 Å². The monoisotopic (exact) mass is 309 g/mol. The van der Waals surface area contributed by atoms with E-state index >= 15 is 0 Å². The van der Waals surface area contributed by atoms with Gasteiger partial charge >= 0.3 is 0 Å². The number of benzene rings is 1. The first-order valence-corrected chi connectivity index (χ1v) is 6.25. The molecule has 0 aliphatic carbocycles. The van der Waals surface area contributed by atoms with E-state index in [1.807, 2.05) is 0 Å². The van der Waals surface area contributed by atoms with Crippen LogP contribution in [0.3, 0.4) is 0 Å². The van der Waals surface area contributed by atoms with Crippen LogP contribution in [0.1, 0.15) is 20.7 Å². The zero-order chi connectivity index (χ0) is 14.7. The zero-order valence-corrected chi connectivity index (χ0v) is 11.6. The molecule has 20 heavy (non-hydrogen) atoms. The largest absolute Gasteiger partial charge is 0.366 e. The van der Waals surface area contributed by atoms with Gasteiger partial charge in [0.1, 0.15) is 5.15 Å². The van der Waals surface area contributed by atoms with Crippen LogP contribution in [0, 0.1) is 0 Å². The van der Waals surface area contributed by atoms with Gasteiger partial charge in [-0.15, -0.1) is 0 Å². The highest BCUT2D eigenvalue weighted by atomic mass is 35.5. The Hall–Kier alpha value is -2.11. The number of rotatable bonds is 3. The van der Waals surface area contributed by atoms with E-state index in [1.54, 1.807) is 0 Å². The second-order valence-electron chi connectivity index (χ2n) is 3.88. The topological polar surface area (TPSA) is 85.1 Å². The Morgan fingerprint density at radius 1 is 1.10 bits per heavy atom. The van der Waals surface area contributed by atoms with Crippen molar-refractivity contribution in [1.82, 2.24) is 4.98 Å². The summed E-state index contributed by atoms with van der Waals surface area (Å²) < 4.78 is 0. The van der Waals surface area contributed by atoms with Gasteiger partial charge in [0, 0.05) is 11.8 Å². The minimum atomic E-state index is -0.606. The SMILES string of the molecule is NC(=O)c1ccc(Cl)c(NC(=O)c2ccc(Cl)nc2)c1. The number of nitrogens with zero attached hydrogens (tertiary/aromatic N) is 1. The third-order valence-electron chi connectivity index (χ3n) is 2.49. The van der Waals surface area contributed by atoms with Gasteiger partial charge in [-0.3, -0.25) is 9.59 Å². The molecule has 2 amide bonds. The van der Waals surface area contributed by atoms with Crippen LogP contribution in [0.2, 0.25) is 10.2 Å². The predicted octanol–water partition coefficient (Wildman–Crippen LogP) is 2.74. The normalized spacial score (nSPS) is 10.1. The average molecular weight is 310 g/mol. The summed E-state index contributed by atoms with van der Waals surface area (Å²) in [6.07, 6.45) is 1.34. The lowest BCUT2D eigenvalue weighted by Gasteiger charge is -2.08. The number of primary amides is 1. The molecule has 0 spiro atoms. The Balaban J connectivity index is 2.25. The molecule has 1 aromatic carbocycles. The number of nitrogens with two attached hydrogens (primary N) is 1. The highest BCUT2D eigenvalue weighted by molar-refractivity contribution is 6.34. The summed E-state index contributed by atoms with van der Waals surface area (Å²) in [5, 5.41) is 3.16. The third kappa shape index (κ3) is 3.26. The van der Waals surface area contributed by atoms with Gasteiger partial charge in [0.05, 0.1) is 16.3 Å². The zero-order valence-electron chi connectivity index (χ0n) is 10.1. The number of carbonyl (C=O) groups excluding carboxylic acids is 2. The molecule has 0 fully saturated rings. The van der Waals surface area contributed by atoms with Gasteiger partial charge in [-0.1, -0.05) is 23.2 Å². The van der Waals surface area contributed by atoms with E-state index in [0.717, 1.165) is 0 Å². The molecule has 0 unspecified atom stereocenters. The van der Waals surface area contributed by atoms with Gasteiger partial charge in [-0.05, 0) is 30.3 Å². The number of hydrogen-bond acceptors (Lipinski definition) is 3. The van der Waals surface area contributed by atoms with Crippen molar-refractivity contribution in [3.8, 4) is 0 Å². The lowest BCUT2D eigenvalue weighted by molar-refractivity contribution is 0.0996. The molecule has 0 bridgehead atoms. The molecular weight excluding hydrogens is 301 g/mol. The lowest BCUT2D eigenvalue weighted by Crippen LogP contribution is -2.15. The number of anilines is 1. The van der Waals surface area contributed by atoms with E-state index in [9.17, 15) is 9.59 Å². The first-order valence-electron chi connectivity index (χ1n) is 5.49. The van der Waals surface area contributed by atoms with Crippen LogP contribution >= 0.6 is 23.2 Å². The van der Waals surface area contributed by atoms with Crippen LogP contribution in [0.4, 0.5) is 5.69 Å². The maximum Gasteiger partial charge on any atom is 0.257 e. The molecule has 1 aromatic heterocycles. The highest BCUT2D eigenvalue weighted by Gasteiger charge is 2.11. The van der Waals surface area contributed by atoms with Gasteiger partial charge in [0.25, 0.3) is 5.91 Å². The molecule has 0 atom stereocenters. The number of pyridine rings is 1. The fraction of sp³-hybridized carbons (Fsp3) is 0. The van der Waals surface area contributed by atoms with Crippen molar-refractivity contribution in [2.45, 2.75) is 0 Å². The number of hydrogen-bond donors (Lipinski definition) is 2. The summed E-state index contributed by atoms with van der Waals surface area (Å²) in [5.74, 6) is -1.02. The second kappa shape index (κ2) is 5.90. The molecular formula is C13H9Cl2N3O2. The predicted molar refractivity (Wildman–Crippen MR) is 77.2 cm³/mol. The van der Waals surface area contributed by atoms with Crippen LogP contribution < -0.4 is 11.1 Å². The molecule has 2 rings (SSSR count). The molecule has 0 saturated carbocycles. The van der Waals surface area contributed by atoms with Gasteiger partial charge in [0.2, 0.25) is 5.91 Å². The maximum atomic E-state index is 12.0. The molecule has 0 aliphatic heterocycles. The Labute approximate surface area is 124 Å². The quantitative estimate of drug-likeness (QED) is 0.855. The summed E-state index contributed by atoms with van der Waals surface area (Å²) in [5.41, 5.74) is 6.03. The van der Waals surface area contributed by atoms with Gasteiger partial charge in [-0.2, -0.15) is 0 Å². The summed E-state index contributed by atoms with van der Waals surface area (Å²) in [7, 11) is 0. The molecule has 1 heterocycles. The number of amides is 2. The summed E-state index contributed by atoms with van der Waals surface area (Å²) in [6.45, 7) is 0. The first-order chi connectivity index (χ1) is 9.47. The number of nitrogens with one attached hydrogen (secondary N) is 1. The number of aromatic nitrogens is 1. The van der Waals surface area contributed by atoms with E-state index in [0.29, 0.717) is 16.3 Å². The van der Waals surface area contributed by atoms with Crippen LogP contribution in [0.15, 0.2) is 36.5 Å². The second-order valence-corrected chi connectivity index (χ2v) is 4.68. The van der Waals surface area contributed by atoms with E-state index in [1.165, 1.54) is 36.5 Å². The van der Waals surface area contributed by atoms with Gasteiger partial charge < -0.3 is 11.1 Å². The Morgan fingerprint density at radius 2 is 1.80 bits per heavy atom. The Kier molecular flexibility index (Phi) is 4.22. The van der Waals surface area contributed by atoms with Crippen molar-refractivity contribution in [3.05, 3.63) is 57.8 Å². The molecule has 3 N–H and O–H groups in total. The fourth-order valence-corrected chi connectivity index (χ4v) is 1.76. The molecule has 2 aromatic rings. The molecule has 0 radical (unpaired) electrons. The van der Waals surface area contributed by atoms with Crippen molar-refractivity contribution < 1.29 is 9.59 Å². The van der Waals surface area contributed by atoms with Crippen molar-refractivity contribution in [3.63, 3.8) is 0 Å². The van der Waals surface area contributed by atoms with Crippen LogP contribution in [0.5, 0.6) is 0 Å². The summed E-state index contributed by atoms with van der Waals surface area (Å²) in [6, 6.07) is 7.39. The molecule has 7 heteroatoms. The van der Waals surface area contributed by atoms with Crippen molar-refractivity contribution in [2.24, 2.45) is 5.73 Å². The number of halogens is 2. The minimum absolute atomic E-state index is 0.249. The molecule has 5 nitrogen and oxygen atoms in total. The van der Waals surface area contributed by atoms with Crippen LogP contribution in [-0.4, -0.2) is 16.8 Å². The smallest absolute Gasteiger partial charge is 0.257 e. The number of carbonyl (C=O) groups is 2. The Bertz CT molecular complexity index is 672. The molecule has 0 saturated heterocycles. The fourth-order valence-electron chi connectivity index (χ4n) is 1.48. The van der Waals surface area contributed by atoms with Gasteiger partial charge in [0.15, 0.2) is 0 Å². The summed E-state index contributed by atoms with van der Waals surface area (Å²) >= 11 is 11.6. The van der Waals surface area contributed by atoms with Crippen molar-refractivity contribution in [2.75, 3.05) is 5.32 Å². The highest BCUT2D eigenvalue weighted by Crippen LogP contribution is 2.23. The summed E-state index contributed by atoms with van der Waals surface area (Å²) in [4.78, 5) is 26.9. The third-order valence-corrected chi connectivity index (χ3v) is 3.04. The molecule has 0 aliphatic rings. The van der Waals surface area contributed by atoms with Crippen LogP contribution in [-0.2, 0) is 0 Å². The van der Waals surface area contributed by atoms with Crippen LogP contribution in [0.25, 0.3) is 0 Å². The minimum Gasteiger partial charge on any atom is -0.366 e. The van der Waals surface area contributed by atoms with Crippen molar-refractivity contribution in [1.29, 1.82) is 0 Å². The molecule has 102 valence electrons. The van der Waals surface area contributed by atoms with Gasteiger partial charge in [-0.25, -0.2) is 4.98 Å². The Morgan fingerprint density at radius 3 is 2.40 bits per heavy atom. The van der Waals surface area contributed by atoms with E-state index < -0.39 is 11.8 Å². The lowest BCUT2D eigenvalue weighted by atomic mass is 10.2. The maximum absolute atomic E-state index is 12.0. The van der Waals surface area contributed by atoms with E-state index in [-0.39, 0.29) is 10.7 Å².